The van der Waals surface area contributed by atoms with E-state index < -0.39 is 42.6 Å². The number of nitrogens with one attached hydrogen (secondary N) is 2. The van der Waals surface area contributed by atoms with Gasteiger partial charge in [-0.3, -0.25) is 14.9 Å². The Morgan fingerprint density at radius 2 is 1.97 bits per heavy atom. The number of rotatable bonds is 7. The van der Waals surface area contributed by atoms with Crippen LogP contribution in [0.5, 0.6) is 0 Å². The summed E-state index contributed by atoms with van der Waals surface area (Å²) in [5.41, 5.74) is 0.341. The number of hydrogen-bond donors (Lipinski definition) is 2. The summed E-state index contributed by atoms with van der Waals surface area (Å²) < 4.78 is 23.3. The molecule has 2 aromatic heterocycles. The van der Waals surface area contributed by atoms with Gasteiger partial charge in [0.15, 0.2) is 6.61 Å². The Hall–Kier alpha value is -3.80. The molecular formula is C18H15FN4O6S. The normalized spacial score (nSPS) is 10.4. The van der Waals surface area contributed by atoms with Gasteiger partial charge in [0, 0.05) is 10.4 Å². The first kappa shape index (κ1) is 20.9. The molecule has 0 saturated heterocycles. The molecule has 0 radical (unpaired) electrons. The molecule has 156 valence electrons. The molecule has 0 unspecified atom stereocenters. The molecule has 3 aromatic rings. The summed E-state index contributed by atoms with van der Waals surface area (Å²) in [5, 5.41) is 10.2. The minimum atomic E-state index is -0.940. The number of nitrogens with zero attached hydrogens (tertiary/aromatic N) is 2. The smallest absolute Gasteiger partial charge is 0.437 e. The van der Waals surface area contributed by atoms with Gasteiger partial charge in [-0.1, -0.05) is 6.07 Å². The van der Waals surface area contributed by atoms with E-state index >= 15 is 0 Å². The number of halogens is 1. The third-order valence-corrected chi connectivity index (χ3v) is 4.47. The molecule has 0 aliphatic heterocycles. The highest BCUT2D eigenvalue weighted by Crippen LogP contribution is 2.15. The quantitative estimate of drug-likeness (QED) is 0.535. The highest BCUT2D eigenvalue weighted by molar-refractivity contribution is 7.09. The lowest BCUT2D eigenvalue weighted by Crippen LogP contribution is -2.41. The molecule has 0 fully saturated rings. The van der Waals surface area contributed by atoms with E-state index in [1.165, 1.54) is 23.5 Å². The first-order chi connectivity index (χ1) is 14.4. The predicted molar refractivity (Wildman–Crippen MR) is 102 cm³/mol. The highest BCUT2D eigenvalue weighted by Gasteiger charge is 2.16. The second-order valence-corrected chi connectivity index (χ2v) is 6.84. The van der Waals surface area contributed by atoms with Gasteiger partial charge in [0.25, 0.3) is 5.91 Å². The van der Waals surface area contributed by atoms with E-state index in [1.807, 2.05) is 22.8 Å². The zero-order valence-electron chi connectivity index (χ0n) is 15.3. The van der Waals surface area contributed by atoms with Gasteiger partial charge in [-0.05, 0) is 35.7 Å². The molecule has 0 bridgehead atoms. The van der Waals surface area contributed by atoms with Crippen LogP contribution in [0.25, 0.3) is 11.5 Å². The van der Waals surface area contributed by atoms with Crippen LogP contribution in [0.15, 0.2) is 51.0 Å². The first-order valence-electron chi connectivity index (χ1n) is 8.50. The molecule has 0 spiro atoms. The van der Waals surface area contributed by atoms with Crippen LogP contribution in [-0.2, 0) is 27.4 Å². The maximum absolute atomic E-state index is 13.0. The van der Waals surface area contributed by atoms with Crippen molar-refractivity contribution in [1.29, 1.82) is 0 Å². The Bertz CT molecular complexity index is 1090. The maximum atomic E-state index is 13.0. The second-order valence-electron chi connectivity index (χ2n) is 5.81. The van der Waals surface area contributed by atoms with E-state index in [-0.39, 0.29) is 12.4 Å². The third-order valence-electron chi connectivity index (χ3n) is 3.60. The summed E-state index contributed by atoms with van der Waals surface area (Å²) >= 11 is 1.45. The van der Waals surface area contributed by atoms with Gasteiger partial charge in [0.05, 0.1) is 6.54 Å². The van der Waals surface area contributed by atoms with Crippen molar-refractivity contribution in [3.63, 3.8) is 0 Å². The summed E-state index contributed by atoms with van der Waals surface area (Å²) in [6.45, 7) is -1.08. The van der Waals surface area contributed by atoms with Crippen LogP contribution in [0.2, 0.25) is 0 Å². The maximum Gasteiger partial charge on any atom is 0.437 e. The Balaban J connectivity index is 1.45. The molecule has 3 rings (SSSR count). The number of imide groups is 1. The molecule has 3 amide bonds. The van der Waals surface area contributed by atoms with Crippen molar-refractivity contribution in [2.24, 2.45) is 0 Å². The van der Waals surface area contributed by atoms with Crippen LogP contribution in [0.3, 0.4) is 0 Å². The second kappa shape index (κ2) is 9.60. The van der Waals surface area contributed by atoms with Crippen LogP contribution in [0.1, 0.15) is 4.88 Å². The van der Waals surface area contributed by atoms with Gasteiger partial charge >= 0.3 is 17.8 Å². The van der Waals surface area contributed by atoms with Gasteiger partial charge in [0.2, 0.25) is 5.89 Å². The molecule has 2 heterocycles. The average Bonchev–Trinajstić information content (AvgIpc) is 3.36. The van der Waals surface area contributed by atoms with Gasteiger partial charge in [-0.25, -0.2) is 14.0 Å². The Kier molecular flexibility index (Phi) is 6.70. The van der Waals surface area contributed by atoms with Crippen molar-refractivity contribution in [2.75, 3.05) is 6.61 Å². The summed E-state index contributed by atoms with van der Waals surface area (Å²) in [6.07, 6.45) is 0. The third kappa shape index (κ3) is 5.85. The zero-order valence-corrected chi connectivity index (χ0v) is 16.1. The van der Waals surface area contributed by atoms with E-state index in [9.17, 15) is 23.6 Å². The van der Waals surface area contributed by atoms with Crippen LogP contribution < -0.4 is 16.4 Å². The molecule has 1 aromatic carbocycles. The molecule has 0 aliphatic carbocycles. The lowest BCUT2D eigenvalue weighted by Gasteiger charge is -2.06. The Morgan fingerprint density at radius 1 is 1.20 bits per heavy atom. The Labute approximate surface area is 172 Å². The van der Waals surface area contributed by atoms with E-state index in [2.05, 4.69) is 10.4 Å². The number of urea groups is 1. The standard InChI is InChI=1S/C18H15FN4O6S/c19-12-5-3-11(4-6-12)16-22-23(18(27)29-16)9-15(25)28-10-14(24)21-17(26)20-8-13-2-1-7-30-13/h1-7H,8-10H2,(H2,20,21,24,26). The number of carbonyl (C=O) groups is 3. The SMILES string of the molecule is O=C(COC(=O)Cn1nc(-c2ccc(F)cc2)oc1=O)NC(=O)NCc1cccs1. The number of hydrogen-bond acceptors (Lipinski definition) is 8. The van der Waals surface area contributed by atoms with E-state index in [0.717, 1.165) is 17.0 Å². The van der Waals surface area contributed by atoms with Crippen LogP contribution >= 0.6 is 11.3 Å². The molecule has 0 aliphatic rings. The number of ether oxygens (including phenoxy) is 1. The van der Waals surface area contributed by atoms with Gasteiger partial charge in [0.1, 0.15) is 12.4 Å². The number of carbonyl (C=O) groups excluding carboxylic acids is 3. The van der Waals surface area contributed by atoms with Crippen molar-refractivity contribution in [1.82, 2.24) is 20.4 Å². The lowest BCUT2D eigenvalue weighted by molar-refractivity contribution is -0.149. The largest absolute Gasteiger partial charge is 0.454 e. The van der Waals surface area contributed by atoms with Crippen LogP contribution in [-0.4, -0.2) is 34.3 Å². The van der Waals surface area contributed by atoms with Crippen molar-refractivity contribution in [3.05, 3.63) is 63.0 Å². The number of benzene rings is 1. The number of amides is 3. The van der Waals surface area contributed by atoms with E-state index in [0.29, 0.717) is 10.2 Å². The van der Waals surface area contributed by atoms with Crippen molar-refractivity contribution in [2.45, 2.75) is 13.1 Å². The highest BCUT2D eigenvalue weighted by atomic mass is 32.1. The minimum absolute atomic E-state index is 0.104. The summed E-state index contributed by atoms with van der Waals surface area (Å²) in [6, 6.07) is 7.96. The Morgan fingerprint density at radius 3 is 2.67 bits per heavy atom. The molecule has 0 saturated carbocycles. The number of thiophene rings is 1. The fourth-order valence-electron chi connectivity index (χ4n) is 2.22. The number of esters is 1. The van der Waals surface area contributed by atoms with Crippen molar-refractivity contribution >= 4 is 29.2 Å². The first-order valence-corrected chi connectivity index (χ1v) is 9.38. The molecule has 30 heavy (non-hydrogen) atoms. The molecule has 2 N–H and O–H groups in total. The van der Waals surface area contributed by atoms with E-state index in [1.54, 1.807) is 0 Å². The predicted octanol–water partition coefficient (Wildman–Crippen LogP) is 1.27. The van der Waals surface area contributed by atoms with Crippen molar-refractivity contribution in [3.8, 4) is 11.5 Å². The van der Waals surface area contributed by atoms with E-state index in [4.69, 9.17) is 9.15 Å². The fraction of sp³-hybridized carbons (Fsp3) is 0.167. The molecule has 0 atom stereocenters. The zero-order chi connectivity index (χ0) is 21.5. The fourth-order valence-corrected chi connectivity index (χ4v) is 2.86. The van der Waals surface area contributed by atoms with Crippen LogP contribution in [0.4, 0.5) is 9.18 Å². The average molecular weight is 434 g/mol. The van der Waals surface area contributed by atoms with Gasteiger partial charge in [-0.2, -0.15) is 4.68 Å². The summed E-state index contributed by atoms with van der Waals surface area (Å²) in [7, 11) is 0. The van der Waals surface area contributed by atoms with Gasteiger partial charge in [-0.15, -0.1) is 16.4 Å². The van der Waals surface area contributed by atoms with Crippen LogP contribution in [0, 0.1) is 5.82 Å². The molecule has 10 nitrogen and oxygen atoms in total. The monoisotopic (exact) mass is 434 g/mol. The number of aromatic nitrogens is 2. The van der Waals surface area contributed by atoms with Gasteiger partial charge < -0.3 is 14.5 Å². The minimum Gasteiger partial charge on any atom is -0.454 e. The summed E-state index contributed by atoms with van der Waals surface area (Å²) in [4.78, 5) is 47.8. The molecular weight excluding hydrogens is 419 g/mol. The summed E-state index contributed by atoms with van der Waals surface area (Å²) in [5.74, 6) is -3.28. The molecule has 12 heteroatoms. The van der Waals surface area contributed by atoms with Crippen molar-refractivity contribution < 1.29 is 27.9 Å². The lowest BCUT2D eigenvalue weighted by atomic mass is 10.2. The topological polar surface area (TPSA) is 133 Å².